The van der Waals surface area contributed by atoms with E-state index in [4.69, 9.17) is 9.47 Å². The van der Waals surface area contributed by atoms with Gasteiger partial charge in [0.1, 0.15) is 13.2 Å². The second kappa shape index (κ2) is 13.5. The average Bonchev–Trinajstić information content (AvgIpc) is 3.36. The lowest BCUT2D eigenvalue weighted by atomic mass is 10.1. The molecule has 7 nitrogen and oxygen atoms in total. The van der Waals surface area contributed by atoms with Crippen molar-refractivity contribution in [2.45, 2.75) is 39.0 Å². The quantitative estimate of drug-likeness (QED) is 0.343. The van der Waals surface area contributed by atoms with Crippen LogP contribution in [0.2, 0.25) is 0 Å². The molecule has 3 aromatic rings. The van der Waals surface area contributed by atoms with Gasteiger partial charge in [-0.1, -0.05) is 84.9 Å². The van der Waals surface area contributed by atoms with Gasteiger partial charge in [0.2, 0.25) is 5.91 Å². The Bertz CT molecular complexity index is 1190. The number of esters is 2. The molecule has 1 aliphatic rings. The van der Waals surface area contributed by atoms with Crippen molar-refractivity contribution in [3.63, 3.8) is 0 Å². The van der Waals surface area contributed by atoms with E-state index in [2.05, 4.69) is 12.1 Å². The molecule has 0 radical (unpaired) electrons. The molecule has 0 saturated carbocycles. The van der Waals surface area contributed by atoms with Crippen LogP contribution in [0.1, 0.15) is 29.2 Å². The Labute approximate surface area is 224 Å². The first-order chi connectivity index (χ1) is 18.5. The standard InChI is InChI=1S/C31H34N2O5/c1-2-37-30(35)21-32(19-24-11-5-3-6-12-24)20-29(34)33(28-17-26-15-9-10-16-27(26)18-28)22-31(36)38-23-25-13-7-4-8-14-25/h3-16,28H,2,17-23H2,1H3. The fourth-order valence-corrected chi connectivity index (χ4v) is 4.78. The van der Waals surface area contributed by atoms with E-state index in [1.807, 2.05) is 72.8 Å². The highest BCUT2D eigenvalue weighted by molar-refractivity contribution is 5.84. The van der Waals surface area contributed by atoms with Crippen molar-refractivity contribution in [3.05, 3.63) is 107 Å². The minimum absolute atomic E-state index is 0.0213. The van der Waals surface area contributed by atoms with Crippen molar-refractivity contribution in [2.24, 2.45) is 0 Å². The van der Waals surface area contributed by atoms with Gasteiger partial charge in [-0.15, -0.1) is 0 Å². The van der Waals surface area contributed by atoms with E-state index in [-0.39, 0.29) is 44.8 Å². The maximum Gasteiger partial charge on any atom is 0.325 e. The third-order valence-electron chi connectivity index (χ3n) is 6.60. The Morgan fingerprint density at radius 2 is 1.26 bits per heavy atom. The van der Waals surface area contributed by atoms with Crippen LogP contribution in [0, 0.1) is 0 Å². The van der Waals surface area contributed by atoms with Gasteiger partial charge in [0.05, 0.1) is 19.7 Å². The summed E-state index contributed by atoms with van der Waals surface area (Å²) in [5, 5.41) is 0. The third kappa shape index (κ3) is 7.76. The van der Waals surface area contributed by atoms with Crippen molar-refractivity contribution in [3.8, 4) is 0 Å². The van der Waals surface area contributed by atoms with Crippen LogP contribution in [0.5, 0.6) is 0 Å². The van der Waals surface area contributed by atoms with Crippen LogP contribution in [0.3, 0.4) is 0 Å². The monoisotopic (exact) mass is 514 g/mol. The first kappa shape index (κ1) is 27.1. The number of benzene rings is 3. The molecule has 1 aliphatic carbocycles. The molecule has 3 aromatic carbocycles. The van der Waals surface area contributed by atoms with Crippen LogP contribution < -0.4 is 0 Å². The SMILES string of the molecule is CCOC(=O)CN(CC(=O)N(CC(=O)OCc1ccccc1)C1Cc2ccccc2C1)Cc1ccccc1. The van der Waals surface area contributed by atoms with Crippen molar-refractivity contribution in [2.75, 3.05) is 26.2 Å². The highest BCUT2D eigenvalue weighted by atomic mass is 16.5. The molecule has 38 heavy (non-hydrogen) atoms. The molecule has 0 N–H and O–H groups in total. The van der Waals surface area contributed by atoms with E-state index >= 15 is 0 Å². The van der Waals surface area contributed by atoms with Crippen molar-refractivity contribution < 1.29 is 23.9 Å². The van der Waals surface area contributed by atoms with Crippen LogP contribution >= 0.6 is 0 Å². The maximum atomic E-state index is 13.8. The Hall–Kier alpha value is -3.97. The van der Waals surface area contributed by atoms with Gasteiger partial charge in [0.25, 0.3) is 0 Å². The van der Waals surface area contributed by atoms with E-state index in [1.165, 1.54) is 11.1 Å². The predicted molar refractivity (Wildman–Crippen MR) is 144 cm³/mol. The maximum absolute atomic E-state index is 13.8. The van der Waals surface area contributed by atoms with Gasteiger partial charge in [-0.2, -0.15) is 0 Å². The molecule has 7 heteroatoms. The van der Waals surface area contributed by atoms with Crippen LogP contribution in [0.4, 0.5) is 0 Å². The van der Waals surface area contributed by atoms with Crippen LogP contribution in [0.25, 0.3) is 0 Å². The molecule has 0 heterocycles. The van der Waals surface area contributed by atoms with Crippen molar-refractivity contribution in [1.29, 1.82) is 0 Å². The highest BCUT2D eigenvalue weighted by Crippen LogP contribution is 2.26. The summed E-state index contributed by atoms with van der Waals surface area (Å²) in [6.07, 6.45) is 1.34. The van der Waals surface area contributed by atoms with Gasteiger partial charge in [0.15, 0.2) is 0 Å². The van der Waals surface area contributed by atoms with Gasteiger partial charge >= 0.3 is 11.9 Å². The Morgan fingerprint density at radius 3 is 1.87 bits per heavy atom. The number of ether oxygens (including phenoxy) is 2. The second-order valence-corrected chi connectivity index (χ2v) is 9.43. The summed E-state index contributed by atoms with van der Waals surface area (Å²) in [5.41, 5.74) is 4.23. The lowest BCUT2D eigenvalue weighted by Crippen LogP contribution is -2.49. The summed E-state index contributed by atoms with van der Waals surface area (Å²) in [6, 6.07) is 27.1. The lowest BCUT2D eigenvalue weighted by molar-refractivity contribution is -0.153. The second-order valence-electron chi connectivity index (χ2n) is 9.43. The molecular weight excluding hydrogens is 480 g/mol. The number of hydrogen-bond acceptors (Lipinski definition) is 6. The Morgan fingerprint density at radius 1 is 0.711 bits per heavy atom. The third-order valence-corrected chi connectivity index (χ3v) is 6.60. The summed E-state index contributed by atoms with van der Waals surface area (Å²) in [5.74, 6) is -1.07. The zero-order chi connectivity index (χ0) is 26.7. The van der Waals surface area contributed by atoms with Crippen LogP contribution in [0.15, 0.2) is 84.9 Å². The minimum atomic E-state index is -0.460. The summed E-state index contributed by atoms with van der Waals surface area (Å²) in [4.78, 5) is 42.4. The Kier molecular flexibility index (Phi) is 9.65. The van der Waals surface area contributed by atoms with E-state index in [9.17, 15) is 14.4 Å². The first-order valence-electron chi connectivity index (χ1n) is 13.0. The summed E-state index contributed by atoms with van der Waals surface area (Å²) < 4.78 is 10.7. The fourth-order valence-electron chi connectivity index (χ4n) is 4.78. The van der Waals surface area contributed by atoms with Gasteiger partial charge in [-0.05, 0) is 42.0 Å². The number of carbonyl (C=O) groups excluding carboxylic acids is 3. The lowest BCUT2D eigenvalue weighted by Gasteiger charge is -2.31. The number of rotatable bonds is 12. The summed E-state index contributed by atoms with van der Waals surface area (Å²) in [6.45, 7) is 2.38. The summed E-state index contributed by atoms with van der Waals surface area (Å²) >= 11 is 0. The fraction of sp³-hybridized carbons (Fsp3) is 0.323. The molecule has 1 amide bonds. The van der Waals surface area contributed by atoms with Gasteiger partial charge in [-0.25, -0.2) is 0 Å². The zero-order valence-corrected chi connectivity index (χ0v) is 21.8. The van der Waals surface area contributed by atoms with Crippen molar-refractivity contribution in [1.82, 2.24) is 9.80 Å². The molecule has 0 saturated heterocycles. The average molecular weight is 515 g/mol. The van der Waals surface area contributed by atoms with Gasteiger partial charge in [-0.3, -0.25) is 19.3 Å². The number of carbonyl (C=O) groups is 3. The molecule has 0 spiro atoms. The molecular formula is C31H34N2O5. The van der Waals surface area contributed by atoms with Crippen molar-refractivity contribution >= 4 is 17.8 Å². The molecule has 0 aliphatic heterocycles. The highest BCUT2D eigenvalue weighted by Gasteiger charge is 2.32. The number of nitrogens with zero attached hydrogens (tertiary/aromatic N) is 2. The minimum Gasteiger partial charge on any atom is -0.465 e. The molecule has 0 fully saturated rings. The summed E-state index contributed by atoms with van der Waals surface area (Å²) in [7, 11) is 0. The molecule has 0 atom stereocenters. The predicted octanol–water partition coefficient (Wildman–Crippen LogP) is 3.79. The molecule has 0 aromatic heterocycles. The van der Waals surface area contributed by atoms with Crippen LogP contribution in [-0.4, -0.2) is 59.9 Å². The molecule has 4 rings (SSSR count). The molecule has 0 unspecified atom stereocenters. The number of fused-ring (bicyclic) bond motifs is 1. The molecule has 198 valence electrons. The van der Waals surface area contributed by atoms with Crippen LogP contribution in [-0.2, 0) is 49.9 Å². The molecule has 0 bridgehead atoms. The van der Waals surface area contributed by atoms with Gasteiger partial charge in [0, 0.05) is 12.6 Å². The number of hydrogen-bond donors (Lipinski definition) is 0. The largest absolute Gasteiger partial charge is 0.465 e. The number of amides is 1. The smallest absolute Gasteiger partial charge is 0.325 e. The topological polar surface area (TPSA) is 76.2 Å². The Balaban J connectivity index is 1.48. The van der Waals surface area contributed by atoms with E-state index < -0.39 is 11.9 Å². The van der Waals surface area contributed by atoms with Gasteiger partial charge < -0.3 is 14.4 Å². The van der Waals surface area contributed by atoms with E-state index in [0.29, 0.717) is 19.4 Å². The van der Waals surface area contributed by atoms with E-state index in [1.54, 1.807) is 16.7 Å². The zero-order valence-electron chi connectivity index (χ0n) is 21.8. The normalized spacial score (nSPS) is 12.7. The van der Waals surface area contributed by atoms with E-state index in [0.717, 1.165) is 11.1 Å². The first-order valence-corrected chi connectivity index (χ1v) is 13.0.